The van der Waals surface area contributed by atoms with Crippen LogP contribution in [0.5, 0.6) is 0 Å². The highest BCUT2D eigenvalue weighted by molar-refractivity contribution is 7.15. The molecule has 1 aliphatic carbocycles. The molecule has 0 amide bonds. The Hall–Kier alpha value is -2.97. The standard InChI is InChI=1S/C27H20Cl3N5OS/c1-27(2)19(13-21(29)30)22(27)24-31-26-35(33-24)25(36)20(37-26)12-16-14-34(18-6-4-3-5-7-18)32-23(16)15-8-10-17(28)11-9-15/h3-14,19,22H,1-2H3/b20-12-. The summed E-state index contributed by atoms with van der Waals surface area (Å²) in [6.07, 6.45) is 5.59. The fourth-order valence-corrected chi connectivity index (χ4v) is 6.08. The molecule has 1 fully saturated rings. The van der Waals surface area contributed by atoms with Crippen LogP contribution in [0.3, 0.4) is 0 Å². The summed E-state index contributed by atoms with van der Waals surface area (Å²) in [6, 6.07) is 17.3. The molecule has 1 aliphatic rings. The molecular formula is C27H20Cl3N5OS. The van der Waals surface area contributed by atoms with Gasteiger partial charge < -0.3 is 0 Å². The van der Waals surface area contributed by atoms with Crippen molar-refractivity contribution < 1.29 is 0 Å². The molecular weight excluding hydrogens is 549 g/mol. The summed E-state index contributed by atoms with van der Waals surface area (Å²) >= 11 is 19.2. The third-order valence-corrected chi connectivity index (χ3v) is 8.32. The van der Waals surface area contributed by atoms with Gasteiger partial charge in [0, 0.05) is 28.3 Å². The van der Waals surface area contributed by atoms with Gasteiger partial charge >= 0.3 is 0 Å². The monoisotopic (exact) mass is 567 g/mol. The molecule has 186 valence electrons. The predicted molar refractivity (Wildman–Crippen MR) is 150 cm³/mol. The summed E-state index contributed by atoms with van der Waals surface area (Å²) in [4.78, 5) is 18.6. The lowest BCUT2D eigenvalue weighted by Gasteiger charge is -2.00. The first kappa shape index (κ1) is 24.4. The molecule has 0 bridgehead atoms. The number of rotatable bonds is 5. The SMILES string of the molecule is CC1(C)C(C=C(Cl)Cl)C1c1nc2s/c(=C\c3cn(-c4ccccc4)nc3-c3ccc(Cl)cc3)c(=O)n2n1. The normalized spacial score (nSPS) is 18.9. The highest BCUT2D eigenvalue weighted by Crippen LogP contribution is 2.64. The second-order valence-corrected chi connectivity index (χ2v) is 12.0. The fourth-order valence-electron chi connectivity index (χ4n) is 4.78. The molecule has 0 saturated heterocycles. The van der Waals surface area contributed by atoms with Gasteiger partial charge in [-0.3, -0.25) is 4.79 Å². The number of allylic oxidation sites excluding steroid dienone is 1. The minimum absolute atomic E-state index is 0.0551. The van der Waals surface area contributed by atoms with Gasteiger partial charge in [0.05, 0.1) is 10.2 Å². The second-order valence-electron chi connectivity index (χ2n) is 9.58. The summed E-state index contributed by atoms with van der Waals surface area (Å²) in [7, 11) is 0. The molecule has 6 nitrogen and oxygen atoms in total. The van der Waals surface area contributed by atoms with Crippen LogP contribution in [-0.4, -0.2) is 24.4 Å². The smallest absolute Gasteiger partial charge is 0.266 e. The lowest BCUT2D eigenvalue weighted by atomic mass is 10.1. The largest absolute Gasteiger partial charge is 0.291 e. The minimum Gasteiger partial charge on any atom is -0.266 e. The molecule has 3 heterocycles. The van der Waals surface area contributed by atoms with E-state index in [2.05, 4.69) is 18.9 Å². The van der Waals surface area contributed by atoms with Crippen molar-refractivity contribution in [2.75, 3.05) is 0 Å². The summed E-state index contributed by atoms with van der Waals surface area (Å²) in [5.74, 6) is 0.815. The molecule has 2 unspecified atom stereocenters. The quantitative estimate of drug-likeness (QED) is 0.251. The molecule has 3 aromatic heterocycles. The highest BCUT2D eigenvalue weighted by atomic mass is 35.5. The van der Waals surface area contributed by atoms with Gasteiger partial charge in [0.2, 0.25) is 4.96 Å². The molecule has 37 heavy (non-hydrogen) atoms. The third-order valence-electron chi connectivity index (χ3n) is 6.86. The maximum atomic E-state index is 13.3. The zero-order chi connectivity index (χ0) is 25.9. The molecule has 0 N–H and O–H groups in total. The topological polar surface area (TPSA) is 65.1 Å². The van der Waals surface area contributed by atoms with Crippen molar-refractivity contribution in [3.05, 3.63) is 103 Å². The lowest BCUT2D eigenvalue weighted by Crippen LogP contribution is -2.23. The number of para-hydroxylation sites is 1. The number of hydrogen-bond donors (Lipinski definition) is 0. The van der Waals surface area contributed by atoms with Crippen molar-refractivity contribution in [1.29, 1.82) is 0 Å². The number of nitrogens with zero attached hydrogens (tertiary/aromatic N) is 5. The van der Waals surface area contributed by atoms with Gasteiger partial charge in [-0.15, -0.1) is 5.10 Å². The number of hydrogen-bond acceptors (Lipinski definition) is 5. The van der Waals surface area contributed by atoms with E-state index in [9.17, 15) is 4.79 Å². The van der Waals surface area contributed by atoms with Gasteiger partial charge in [-0.25, -0.2) is 9.67 Å². The van der Waals surface area contributed by atoms with Crippen LogP contribution in [0.1, 0.15) is 31.2 Å². The maximum Gasteiger partial charge on any atom is 0.291 e. The third kappa shape index (κ3) is 4.40. The molecule has 0 radical (unpaired) electrons. The Morgan fingerprint density at radius 2 is 1.78 bits per heavy atom. The van der Waals surface area contributed by atoms with Crippen LogP contribution in [0, 0.1) is 11.3 Å². The van der Waals surface area contributed by atoms with Gasteiger partial charge in [-0.1, -0.05) is 90.3 Å². The summed E-state index contributed by atoms with van der Waals surface area (Å²) in [6.45, 7) is 4.23. The molecule has 10 heteroatoms. The molecule has 0 spiro atoms. The number of aromatic nitrogens is 5. The highest BCUT2D eigenvalue weighted by Gasteiger charge is 2.59. The summed E-state index contributed by atoms with van der Waals surface area (Å²) in [5, 5.41) is 10.0. The van der Waals surface area contributed by atoms with E-state index in [-0.39, 0.29) is 27.3 Å². The van der Waals surface area contributed by atoms with E-state index in [0.29, 0.717) is 20.3 Å². The van der Waals surface area contributed by atoms with E-state index in [1.807, 2.05) is 72.9 Å². The van der Waals surface area contributed by atoms with E-state index in [1.54, 1.807) is 4.68 Å². The van der Waals surface area contributed by atoms with Gasteiger partial charge in [0.15, 0.2) is 5.82 Å². The average Bonchev–Trinajstić information content (AvgIpc) is 3.28. The predicted octanol–water partition coefficient (Wildman–Crippen LogP) is 6.26. The van der Waals surface area contributed by atoms with E-state index in [4.69, 9.17) is 44.9 Å². The first-order valence-electron chi connectivity index (χ1n) is 11.6. The summed E-state index contributed by atoms with van der Waals surface area (Å²) < 4.78 is 3.95. The van der Waals surface area contributed by atoms with Crippen LogP contribution < -0.4 is 10.1 Å². The van der Waals surface area contributed by atoms with Gasteiger partial charge in [0.1, 0.15) is 10.2 Å². The van der Waals surface area contributed by atoms with Crippen molar-refractivity contribution in [2.24, 2.45) is 11.3 Å². The van der Waals surface area contributed by atoms with Gasteiger partial charge in [0.25, 0.3) is 5.56 Å². The van der Waals surface area contributed by atoms with Crippen molar-refractivity contribution in [2.45, 2.75) is 19.8 Å². The van der Waals surface area contributed by atoms with Crippen molar-refractivity contribution in [1.82, 2.24) is 24.4 Å². The number of thiazole rings is 1. The fraction of sp³-hybridized carbons (Fsp3) is 0.185. The van der Waals surface area contributed by atoms with Crippen LogP contribution in [0.4, 0.5) is 0 Å². The van der Waals surface area contributed by atoms with Crippen molar-refractivity contribution >= 4 is 57.2 Å². The Bertz CT molecular complexity index is 1770. The zero-order valence-corrected chi connectivity index (χ0v) is 22.9. The van der Waals surface area contributed by atoms with Gasteiger partial charge in [-0.2, -0.15) is 9.61 Å². The van der Waals surface area contributed by atoms with E-state index in [1.165, 1.54) is 15.9 Å². The zero-order valence-electron chi connectivity index (χ0n) is 19.8. The van der Waals surface area contributed by atoms with Gasteiger partial charge in [-0.05, 0) is 47.8 Å². The van der Waals surface area contributed by atoms with Crippen LogP contribution in [0.2, 0.25) is 5.02 Å². The van der Waals surface area contributed by atoms with Crippen molar-refractivity contribution in [3.8, 4) is 16.9 Å². The first-order valence-corrected chi connectivity index (χ1v) is 13.5. The number of fused-ring (bicyclic) bond motifs is 1. The molecule has 1 saturated carbocycles. The molecule has 2 atom stereocenters. The minimum atomic E-state index is -0.214. The molecule has 6 rings (SSSR count). The molecule has 5 aromatic rings. The number of halogens is 3. The second kappa shape index (κ2) is 9.10. The molecule has 0 aliphatic heterocycles. The van der Waals surface area contributed by atoms with E-state index < -0.39 is 0 Å². The van der Waals surface area contributed by atoms with Crippen molar-refractivity contribution in [3.63, 3.8) is 0 Å². The Labute approximate surface area is 231 Å². The first-order chi connectivity index (χ1) is 17.7. The summed E-state index contributed by atoms with van der Waals surface area (Å²) in [5.41, 5.74) is 3.07. The Kier molecular flexibility index (Phi) is 5.99. The van der Waals surface area contributed by atoms with E-state index in [0.717, 1.165) is 22.5 Å². The molecule has 2 aromatic carbocycles. The number of benzene rings is 2. The van der Waals surface area contributed by atoms with E-state index >= 15 is 0 Å². The Balaban J connectivity index is 1.43. The van der Waals surface area contributed by atoms with Crippen LogP contribution in [0.15, 0.2) is 76.2 Å². The maximum absolute atomic E-state index is 13.3. The Morgan fingerprint density at radius 3 is 2.46 bits per heavy atom. The van der Waals surface area contributed by atoms with Crippen LogP contribution >= 0.6 is 46.1 Å². The lowest BCUT2D eigenvalue weighted by molar-refractivity contribution is 0.585. The van der Waals surface area contributed by atoms with Crippen LogP contribution in [0.25, 0.3) is 28.0 Å². The Morgan fingerprint density at radius 1 is 1.05 bits per heavy atom. The average molecular weight is 569 g/mol. The van der Waals surface area contributed by atoms with Crippen LogP contribution in [-0.2, 0) is 0 Å².